The van der Waals surface area contributed by atoms with Gasteiger partial charge in [0.2, 0.25) is 0 Å². The van der Waals surface area contributed by atoms with Crippen molar-refractivity contribution in [3.63, 3.8) is 0 Å². The van der Waals surface area contributed by atoms with Crippen LogP contribution in [0.15, 0.2) is 18.2 Å². The third-order valence-electron chi connectivity index (χ3n) is 2.18. The molecular weight excluding hydrogens is 228 g/mol. The van der Waals surface area contributed by atoms with Crippen molar-refractivity contribution in [2.24, 2.45) is 0 Å². The molecule has 7 heteroatoms. The minimum atomic E-state index is -0.715. The Labute approximate surface area is 96.4 Å². The number of carbonyl (C=O) groups excluding carboxylic acids is 1. The number of non-ortho nitro benzene ring substituents is 2. The maximum atomic E-state index is 11.2. The van der Waals surface area contributed by atoms with Gasteiger partial charge in [-0.15, -0.1) is 0 Å². The van der Waals surface area contributed by atoms with Crippen molar-refractivity contribution in [3.8, 4) is 0 Å². The minimum Gasteiger partial charge on any atom is -0.299 e. The number of benzene rings is 1. The first-order chi connectivity index (χ1) is 7.93. The van der Waals surface area contributed by atoms with Crippen LogP contribution in [0.3, 0.4) is 0 Å². The Bertz CT molecular complexity index is 451. The number of hydrogen-bond donors (Lipinski definition) is 0. The van der Waals surface area contributed by atoms with E-state index >= 15 is 0 Å². The van der Waals surface area contributed by atoms with Crippen LogP contribution in [0, 0.1) is 20.2 Å². The van der Waals surface area contributed by atoms with Gasteiger partial charge in [0.1, 0.15) is 5.78 Å². The van der Waals surface area contributed by atoms with E-state index in [-0.39, 0.29) is 35.6 Å². The summed E-state index contributed by atoms with van der Waals surface area (Å²) >= 11 is 0. The Kier molecular flexibility index (Phi) is 3.86. The summed E-state index contributed by atoms with van der Waals surface area (Å²) in [5.41, 5.74) is -0.464. The van der Waals surface area contributed by atoms with Gasteiger partial charge < -0.3 is 0 Å². The Morgan fingerprint density at radius 2 is 1.59 bits per heavy atom. The lowest BCUT2D eigenvalue weighted by Crippen LogP contribution is -2.02. The zero-order chi connectivity index (χ0) is 13.0. The quantitative estimate of drug-likeness (QED) is 0.576. The predicted molar refractivity (Wildman–Crippen MR) is 58.8 cm³/mol. The maximum absolute atomic E-state index is 11.2. The van der Waals surface area contributed by atoms with Gasteiger partial charge in [-0.1, -0.05) is 6.92 Å². The van der Waals surface area contributed by atoms with E-state index in [1.165, 1.54) is 12.1 Å². The number of nitro groups is 2. The number of ketones is 1. The summed E-state index contributed by atoms with van der Waals surface area (Å²) in [6, 6.07) is 3.24. The lowest BCUT2D eigenvalue weighted by molar-refractivity contribution is -0.394. The molecule has 0 fully saturated rings. The number of Topliss-reactive ketones (excluding diaryl/α,β-unsaturated/α-hetero) is 1. The van der Waals surface area contributed by atoms with Gasteiger partial charge in [-0.2, -0.15) is 0 Å². The summed E-state index contributed by atoms with van der Waals surface area (Å²) in [6.45, 7) is 1.66. The molecule has 0 spiro atoms. The van der Waals surface area contributed by atoms with Gasteiger partial charge in [0.05, 0.1) is 15.9 Å². The highest BCUT2D eigenvalue weighted by Gasteiger charge is 2.17. The van der Waals surface area contributed by atoms with Crippen molar-refractivity contribution in [3.05, 3.63) is 44.0 Å². The molecule has 1 aromatic carbocycles. The summed E-state index contributed by atoms with van der Waals surface area (Å²) in [4.78, 5) is 30.9. The van der Waals surface area contributed by atoms with E-state index in [1.807, 2.05) is 0 Å². The standard InChI is InChI=1S/C10H10N2O5/c1-2-10(13)5-7-3-8(11(14)15)6-9(4-7)12(16)17/h3-4,6H,2,5H2,1H3. The fourth-order valence-electron chi connectivity index (χ4n) is 1.32. The molecule has 0 saturated carbocycles. The molecule has 17 heavy (non-hydrogen) atoms. The highest BCUT2D eigenvalue weighted by atomic mass is 16.6. The molecule has 0 unspecified atom stereocenters. The Balaban J connectivity index is 3.16. The second kappa shape index (κ2) is 5.15. The fraction of sp³-hybridized carbons (Fsp3) is 0.300. The van der Waals surface area contributed by atoms with E-state index in [9.17, 15) is 25.0 Å². The lowest BCUT2D eigenvalue weighted by Gasteiger charge is -2.00. The third-order valence-corrected chi connectivity index (χ3v) is 2.18. The molecule has 0 N–H and O–H groups in total. The Morgan fingerprint density at radius 3 is 1.94 bits per heavy atom. The van der Waals surface area contributed by atoms with E-state index in [2.05, 4.69) is 0 Å². The summed E-state index contributed by atoms with van der Waals surface area (Å²) in [5, 5.41) is 21.2. The molecule has 1 aromatic rings. The van der Waals surface area contributed by atoms with Crippen LogP contribution in [0.5, 0.6) is 0 Å². The zero-order valence-electron chi connectivity index (χ0n) is 9.08. The number of nitrogens with zero attached hydrogens (tertiary/aromatic N) is 2. The van der Waals surface area contributed by atoms with Crippen molar-refractivity contribution in [1.29, 1.82) is 0 Å². The van der Waals surface area contributed by atoms with Gasteiger partial charge in [-0.05, 0) is 5.56 Å². The third kappa shape index (κ3) is 3.33. The second-order valence-corrected chi connectivity index (χ2v) is 3.44. The predicted octanol–water partition coefficient (Wildman–Crippen LogP) is 2.02. The molecule has 0 bridgehead atoms. The molecule has 1 rings (SSSR count). The molecule has 0 aliphatic rings. The molecule has 0 aliphatic heterocycles. The van der Waals surface area contributed by atoms with Crippen molar-refractivity contribution in [2.45, 2.75) is 19.8 Å². The minimum absolute atomic E-state index is 0.0288. The van der Waals surface area contributed by atoms with Crippen molar-refractivity contribution >= 4 is 17.2 Å². The normalized spacial score (nSPS) is 9.94. The van der Waals surface area contributed by atoms with E-state index in [1.54, 1.807) is 6.92 Å². The second-order valence-electron chi connectivity index (χ2n) is 3.44. The van der Waals surface area contributed by atoms with E-state index in [0.29, 0.717) is 0 Å². The topological polar surface area (TPSA) is 103 Å². The number of hydrogen-bond acceptors (Lipinski definition) is 5. The summed E-state index contributed by atoms with van der Waals surface area (Å²) in [7, 11) is 0. The van der Waals surface area contributed by atoms with Crippen LogP contribution in [-0.4, -0.2) is 15.6 Å². The van der Waals surface area contributed by atoms with Gasteiger partial charge in [0, 0.05) is 25.0 Å². The van der Waals surface area contributed by atoms with Crippen LogP contribution in [0.1, 0.15) is 18.9 Å². The van der Waals surface area contributed by atoms with Gasteiger partial charge >= 0.3 is 0 Å². The molecule has 7 nitrogen and oxygen atoms in total. The molecule has 0 amide bonds. The first-order valence-electron chi connectivity index (χ1n) is 4.88. The van der Waals surface area contributed by atoms with Crippen molar-refractivity contribution in [2.75, 3.05) is 0 Å². The van der Waals surface area contributed by atoms with E-state index < -0.39 is 9.85 Å². The van der Waals surface area contributed by atoms with E-state index in [0.717, 1.165) is 6.07 Å². The molecule has 0 aliphatic carbocycles. The highest BCUT2D eigenvalue weighted by molar-refractivity contribution is 5.80. The fourth-order valence-corrected chi connectivity index (χ4v) is 1.32. The van der Waals surface area contributed by atoms with Crippen LogP contribution >= 0.6 is 0 Å². The van der Waals surface area contributed by atoms with Crippen molar-refractivity contribution < 1.29 is 14.6 Å². The van der Waals surface area contributed by atoms with E-state index in [4.69, 9.17) is 0 Å². The number of nitro benzene ring substituents is 2. The first-order valence-corrected chi connectivity index (χ1v) is 4.88. The maximum Gasteiger partial charge on any atom is 0.276 e. The van der Waals surface area contributed by atoms with Gasteiger partial charge in [-0.25, -0.2) is 0 Å². The van der Waals surface area contributed by atoms with Crippen LogP contribution in [0.4, 0.5) is 11.4 Å². The highest BCUT2D eigenvalue weighted by Crippen LogP contribution is 2.23. The summed E-state index contributed by atoms with van der Waals surface area (Å²) in [6.07, 6.45) is 0.259. The smallest absolute Gasteiger partial charge is 0.276 e. The molecule has 0 saturated heterocycles. The Hall–Kier alpha value is -2.31. The van der Waals surface area contributed by atoms with Crippen LogP contribution in [0.25, 0.3) is 0 Å². The molecular formula is C10H10N2O5. The van der Waals surface area contributed by atoms with Crippen LogP contribution < -0.4 is 0 Å². The van der Waals surface area contributed by atoms with Gasteiger partial charge in [0.25, 0.3) is 11.4 Å². The van der Waals surface area contributed by atoms with Gasteiger partial charge in [-0.3, -0.25) is 25.0 Å². The number of carbonyl (C=O) groups is 1. The molecule has 90 valence electrons. The van der Waals surface area contributed by atoms with Crippen molar-refractivity contribution in [1.82, 2.24) is 0 Å². The largest absolute Gasteiger partial charge is 0.299 e. The Morgan fingerprint density at radius 1 is 1.12 bits per heavy atom. The summed E-state index contributed by atoms with van der Waals surface area (Å²) < 4.78 is 0. The SMILES string of the molecule is CCC(=O)Cc1cc([N+](=O)[O-])cc([N+](=O)[O-])c1. The molecule has 0 aromatic heterocycles. The van der Waals surface area contributed by atoms with Crippen LogP contribution in [-0.2, 0) is 11.2 Å². The molecule has 0 radical (unpaired) electrons. The molecule has 0 heterocycles. The number of rotatable bonds is 5. The molecule has 0 atom stereocenters. The average molecular weight is 238 g/mol. The lowest BCUT2D eigenvalue weighted by atomic mass is 10.1. The average Bonchev–Trinajstić information content (AvgIpc) is 2.28. The van der Waals surface area contributed by atoms with Gasteiger partial charge in [0.15, 0.2) is 0 Å². The zero-order valence-corrected chi connectivity index (χ0v) is 9.08. The monoisotopic (exact) mass is 238 g/mol. The summed E-state index contributed by atoms with van der Waals surface area (Å²) in [5.74, 6) is -0.125. The van der Waals surface area contributed by atoms with Crippen LogP contribution in [0.2, 0.25) is 0 Å². The first kappa shape index (κ1) is 12.8.